The van der Waals surface area contributed by atoms with Gasteiger partial charge in [0.1, 0.15) is 0 Å². The number of nitrogens with one attached hydrogen (secondary N) is 2. The number of fused-ring (bicyclic) bond motifs is 1. The number of hydrogen-bond donors (Lipinski definition) is 3. The second-order valence-corrected chi connectivity index (χ2v) is 5.99. The van der Waals surface area contributed by atoms with Crippen molar-refractivity contribution in [2.24, 2.45) is 0 Å². The van der Waals surface area contributed by atoms with Gasteiger partial charge in [-0.1, -0.05) is 6.07 Å². The van der Waals surface area contributed by atoms with Crippen molar-refractivity contribution in [1.82, 2.24) is 20.2 Å². The molecule has 8 nitrogen and oxygen atoms in total. The molecule has 1 saturated heterocycles. The van der Waals surface area contributed by atoms with Crippen molar-refractivity contribution >= 4 is 5.95 Å². The largest absolute Gasteiger partial charge is 0.454 e. The number of aromatic amines is 1. The van der Waals surface area contributed by atoms with Gasteiger partial charge in [0, 0.05) is 44.5 Å². The first-order chi connectivity index (χ1) is 12.1. The highest BCUT2D eigenvalue weighted by atomic mass is 16.7. The van der Waals surface area contributed by atoms with Crippen LogP contribution in [0.5, 0.6) is 11.5 Å². The van der Waals surface area contributed by atoms with E-state index in [0.29, 0.717) is 12.4 Å². The highest BCUT2D eigenvalue weighted by Gasteiger charge is 2.15. The van der Waals surface area contributed by atoms with Crippen LogP contribution in [0.25, 0.3) is 0 Å². The Morgan fingerprint density at radius 3 is 2.72 bits per heavy atom. The summed E-state index contributed by atoms with van der Waals surface area (Å²) < 4.78 is 10.7. The molecule has 0 unspecified atom stereocenters. The van der Waals surface area contributed by atoms with Gasteiger partial charge in [-0.25, -0.2) is 4.98 Å². The van der Waals surface area contributed by atoms with Gasteiger partial charge in [-0.05, 0) is 24.6 Å². The lowest BCUT2D eigenvalue weighted by molar-refractivity contribution is 0.174. The molecule has 4 N–H and O–H groups in total. The summed E-state index contributed by atoms with van der Waals surface area (Å²) in [6.07, 6.45) is 1.44. The number of H-pyrrole nitrogens is 1. The van der Waals surface area contributed by atoms with E-state index in [-0.39, 0.29) is 11.5 Å². The van der Waals surface area contributed by atoms with Gasteiger partial charge in [-0.3, -0.25) is 14.7 Å². The Hall–Kier alpha value is -2.58. The number of nitrogens with zero attached hydrogens (tertiary/aromatic N) is 2. The molecule has 1 aromatic carbocycles. The highest BCUT2D eigenvalue weighted by Crippen LogP contribution is 2.32. The van der Waals surface area contributed by atoms with Crippen LogP contribution in [0.2, 0.25) is 0 Å². The van der Waals surface area contributed by atoms with Crippen molar-refractivity contribution in [3.63, 3.8) is 0 Å². The predicted molar refractivity (Wildman–Crippen MR) is 94.7 cm³/mol. The molecule has 4 rings (SSSR count). The van der Waals surface area contributed by atoms with Crippen LogP contribution in [-0.4, -0.2) is 47.8 Å². The van der Waals surface area contributed by atoms with E-state index in [1.54, 1.807) is 6.92 Å². The fourth-order valence-electron chi connectivity index (χ4n) is 2.64. The Bertz CT molecular complexity index is 771. The van der Waals surface area contributed by atoms with Crippen LogP contribution in [0.4, 0.5) is 5.95 Å². The topological polar surface area (TPSA) is 106 Å². The van der Waals surface area contributed by atoms with Crippen molar-refractivity contribution in [2.45, 2.75) is 13.5 Å². The zero-order valence-electron chi connectivity index (χ0n) is 14.2. The molecule has 0 bridgehead atoms. The van der Waals surface area contributed by atoms with Gasteiger partial charge in [-0.15, -0.1) is 0 Å². The Morgan fingerprint density at radius 2 is 2.00 bits per heavy atom. The molecule has 3 heterocycles. The number of hydrogen-bond acceptors (Lipinski definition) is 7. The lowest BCUT2D eigenvalue weighted by Crippen LogP contribution is -2.42. The van der Waals surface area contributed by atoms with E-state index in [1.165, 1.54) is 11.8 Å². The number of nitrogen functional groups attached to an aromatic ring is 1. The second kappa shape index (κ2) is 8.00. The first-order valence-corrected chi connectivity index (χ1v) is 8.25. The van der Waals surface area contributed by atoms with Gasteiger partial charge in [0.15, 0.2) is 17.4 Å². The first-order valence-electron chi connectivity index (χ1n) is 8.25. The average molecular weight is 345 g/mol. The van der Waals surface area contributed by atoms with E-state index in [9.17, 15) is 4.79 Å². The maximum Gasteiger partial charge on any atom is 0.255 e. The maximum absolute atomic E-state index is 10.7. The summed E-state index contributed by atoms with van der Waals surface area (Å²) in [5, 5.41) is 3.36. The van der Waals surface area contributed by atoms with Gasteiger partial charge in [0.25, 0.3) is 5.56 Å². The third kappa shape index (κ3) is 4.71. The van der Waals surface area contributed by atoms with E-state index >= 15 is 0 Å². The van der Waals surface area contributed by atoms with Crippen molar-refractivity contribution in [2.75, 3.05) is 38.7 Å². The van der Waals surface area contributed by atoms with Crippen LogP contribution in [0.1, 0.15) is 11.1 Å². The van der Waals surface area contributed by atoms with E-state index in [0.717, 1.165) is 44.2 Å². The third-order valence-electron chi connectivity index (χ3n) is 4.05. The smallest absolute Gasteiger partial charge is 0.255 e. The fraction of sp³-hybridized carbons (Fsp3) is 0.412. The summed E-state index contributed by atoms with van der Waals surface area (Å²) in [7, 11) is 0. The summed E-state index contributed by atoms with van der Waals surface area (Å²) in [6, 6.07) is 6.21. The molecule has 1 aromatic heterocycles. The lowest BCUT2D eigenvalue weighted by atomic mass is 10.2. The molecule has 0 aliphatic carbocycles. The van der Waals surface area contributed by atoms with E-state index in [4.69, 9.17) is 15.2 Å². The van der Waals surface area contributed by atoms with Gasteiger partial charge in [-0.2, -0.15) is 0 Å². The quantitative estimate of drug-likeness (QED) is 0.727. The van der Waals surface area contributed by atoms with Crippen molar-refractivity contribution in [3.05, 3.63) is 45.9 Å². The molecule has 134 valence electrons. The van der Waals surface area contributed by atoms with E-state index < -0.39 is 0 Å². The molecule has 2 aliphatic heterocycles. The fourth-order valence-corrected chi connectivity index (χ4v) is 2.64. The summed E-state index contributed by atoms with van der Waals surface area (Å²) >= 11 is 0. The molecule has 0 radical (unpaired) electrons. The summed E-state index contributed by atoms with van der Waals surface area (Å²) in [5.74, 6) is 1.90. The van der Waals surface area contributed by atoms with Crippen molar-refractivity contribution in [3.8, 4) is 11.5 Å². The number of ether oxygens (including phenoxy) is 2. The van der Waals surface area contributed by atoms with E-state index in [2.05, 4.69) is 32.3 Å². The molecular weight excluding hydrogens is 322 g/mol. The van der Waals surface area contributed by atoms with Crippen LogP contribution in [0.3, 0.4) is 0 Å². The monoisotopic (exact) mass is 345 g/mol. The zero-order chi connectivity index (χ0) is 17.6. The van der Waals surface area contributed by atoms with Gasteiger partial charge in [0.05, 0.1) is 0 Å². The molecule has 0 saturated carbocycles. The Kier molecular flexibility index (Phi) is 5.52. The molecule has 2 aliphatic rings. The molecule has 0 amide bonds. The Labute approximate surface area is 146 Å². The van der Waals surface area contributed by atoms with Gasteiger partial charge < -0.3 is 20.5 Å². The lowest BCUT2D eigenvalue weighted by Gasteiger charge is -2.27. The molecule has 0 atom stereocenters. The molecule has 25 heavy (non-hydrogen) atoms. The Morgan fingerprint density at radius 1 is 1.24 bits per heavy atom. The molecule has 2 aromatic rings. The molecule has 0 spiro atoms. The minimum absolute atomic E-state index is 0.158. The normalized spacial score (nSPS) is 16.2. The van der Waals surface area contributed by atoms with Crippen LogP contribution in [0, 0.1) is 6.92 Å². The standard InChI is InChI=1S/C12H16N2O2.C5H7N3O/c1-2-11-12(16-9-15-11)7-10(1)8-14-5-3-13-4-6-14;1-3-2-7-5(6)8-4(3)9/h1-2,7,13H,3-6,8-9H2;2H,1H3,(H3,6,7,8,9). The van der Waals surface area contributed by atoms with Crippen LogP contribution in [0.15, 0.2) is 29.2 Å². The zero-order valence-corrected chi connectivity index (χ0v) is 14.2. The first kappa shape index (κ1) is 17.2. The Balaban J connectivity index is 0.000000173. The second-order valence-electron chi connectivity index (χ2n) is 5.99. The number of anilines is 1. The van der Waals surface area contributed by atoms with E-state index in [1.807, 2.05) is 6.07 Å². The summed E-state index contributed by atoms with van der Waals surface area (Å²) in [4.78, 5) is 19.1. The number of nitrogens with two attached hydrogens (primary N) is 1. The van der Waals surface area contributed by atoms with Crippen molar-refractivity contribution < 1.29 is 9.47 Å². The molecular formula is C17H23N5O3. The molecule has 8 heteroatoms. The maximum atomic E-state index is 10.7. The van der Waals surface area contributed by atoms with Crippen molar-refractivity contribution in [1.29, 1.82) is 0 Å². The van der Waals surface area contributed by atoms with Crippen LogP contribution < -0.4 is 26.1 Å². The summed E-state index contributed by atoms with van der Waals surface area (Å²) in [5.41, 5.74) is 6.85. The van der Waals surface area contributed by atoms with Gasteiger partial charge in [0.2, 0.25) is 6.79 Å². The average Bonchev–Trinajstić information content (AvgIpc) is 3.08. The third-order valence-corrected chi connectivity index (χ3v) is 4.05. The van der Waals surface area contributed by atoms with Crippen LogP contribution >= 0.6 is 0 Å². The predicted octanol–water partition coefficient (Wildman–Crippen LogP) is 0.481. The minimum atomic E-state index is -0.178. The number of benzene rings is 1. The van der Waals surface area contributed by atoms with Gasteiger partial charge >= 0.3 is 0 Å². The SMILES string of the molecule is Cc1cnc(N)[nH]c1=O.c1cc2c(cc1CN1CCNCC1)OCO2. The number of aryl methyl sites for hydroxylation is 1. The number of aromatic nitrogens is 2. The number of rotatable bonds is 2. The highest BCUT2D eigenvalue weighted by molar-refractivity contribution is 5.44. The summed E-state index contributed by atoms with van der Waals surface area (Å²) in [6.45, 7) is 7.44. The van der Waals surface area contributed by atoms with Crippen LogP contribution in [-0.2, 0) is 6.54 Å². The molecule has 1 fully saturated rings. The number of piperazine rings is 1. The minimum Gasteiger partial charge on any atom is -0.454 e.